The number of rotatable bonds is 13. The van der Waals surface area contributed by atoms with Crippen LogP contribution in [0.15, 0.2) is 18.3 Å². The second kappa shape index (κ2) is 12.5. The van der Waals surface area contributed by atoms with Gasteiger partial charge in [-0.05, 0) is 18.6 Å². The van der Waals surface area contributed by atoms with Crippen LogP contribution >= 0.6 is 0 Å². The standard InChI is InChI=1S/C15H26N2O4/c1-3-16-15-5-4-14(12-17-15)13-21-11-10-20-9-8-19-7-6-18-2/h4-5,12H,3,6-11,13H2,1-2H3,(H,16,17). The van der Waals surface area contributed by atoms with Crippen molar-refractivity contribution in [3.63, 3.8) is 0 Å². The van der Waals surface area contributed by atoms with E-state index in [1.54, 1.807) is 7.11 Å². The number of hydrogen-bond donors (Lipinski definition) is 1. The molecule has 1 heterocycles. The summed E-state index contributed by atoms with van der Waals surface area (Å²) in [6.45, 7) is 6.97. The van der Waals surface area contributed by atoms with Crippen LogP contribution in [0, 0.1) is 0 Å². The number of hydrogen-bond acceptors (Lipinski definition) is 6. The van der Waals surface area contributed by atoms with Crippen LogP contribution in [0.2, 0.25) is 0 Å². The first kappa shape index (κ1) is 17.8. The molecular formula is C15H26N2O4. The lowest BCUT2D eigenvalue weighted by Crippen LogP contribution is -2.11. The summed E-state index contributed by atoms with van der Waals surface area (Å²) in [5, 5.41) is 3.15. The topological polar surface area (TPSA) is 61.8 Å². The van der Waals surface area contributed by atoms with Crippen molar-refractivity contribution in [1.82, 2.24) is 4.98 Å². The van der Waals surface area contributed by atoms with Gasteiger partial charge in [0, 0.05) is 19.9 Å². The molecule has 1 N–H and O–H groups in total. The molecule has 0 bridgehead atoms. The van der Waals surface area contributed by atoms with E-state index in [9.17, 15) is 0 Å². The molecule has 0 spiro atoms. The third kappa shape index (κ3) is 9.36. The van der Waals surface area contributed by atoms with Gasteiger partial charge in [-0.15, -0.1) is 0 Å². The lowest BCUT2D eigenvalue weighted by Gasteiger charge is -2.07. The zero-order chi connectivity index (χ0) is 15.2. The second-order valence-corrected chi connectivity index (χ2v) is 4.35. The molecule has 1 aromatic rings. The van der Waals surface area contributed by atoms with E-state index in [4.69, 9.17) is 18.9 Å². The Bertz CT molecular complexity index is 346. The number of pyridine rings is 1. The van der Waals surface area contributed by atoms with Crippen molar-refractivity contribution in [3.8, 4) is 0 Å². The summed E-state index contributed by atoms with van der Waals surface area (Å²) in [6.07, 6.45) is 1.82. The van der Waals surface area contributed by atoms with E-state index in [1.807, 2.05) is 25.3 Å². The monoisotopic (exact) mass is 298 g/mol. The van der Waals surface area contributed by atoms with Gasteiger partial charge in [-0.1, -0.05) is 6.07 Å². The predicted molar refractivity (Wildman–Crippen MR) is 81.6 cm³/mol. The summed E-state index contributed by atoms with van der Waals surface area (Å²) in [5.74, 6) is 0.887. The molecule has 120 valence electrons. The fraction of sp³-hybridized carbons (Fsp3) is 0.667. The van der Waals surface area contributed by atoms with Crippen LogP contribution in [0.1, 0.15) is 12.5 Å². The molecule has 1 rings (SSSR count). The van der Waals surface area contributed by atoms with Gasteiger partial charge in [-0.2, -0.15) is 0 Å². The van der Waals surface area contributed by atoms with Crippen LogP contribution in [-0.2, 0) is 25.6 Å². The molecule has 21 heavy (non-hydrogen) atoms. The average Bonchev–Trinajstić information content (AvgIpc) is 2.51. The Labute approximate surface area is 126 Å². The van der Waals surface area contributed by atoms with Crippen LogP contribution in [0.3, 0.4) is 0 Å². The molecule has 0 aliphatic heterocycles. The van der Waals surface area contributed by atoms with Crippen LogP contribution in [0.25, 0.3) is 0 Å². The summed E-state index contributed by atoms with van der Waals surface area (Å²) in [4.78, 5) is 4.28. The number of nitrogens with one attached hydrogen (secondary N) is 1. The summed E-state index contributed by atoms with van der Waals surface area (Å²) in [7, 11) is 1.65. The quantitative estimate of drug-likeness (QED) is 0.559. The molecule has 0 aliphatic rings. The molecule has 0 fully saturated rings. The Balaban J connectivity index is 1.94. The maximum absolute atomic E-state index is 5.52. The first-order chi connectivity index (χ1) is 10.4. The molecule has 6 nitrogen and oxygen atoms in total. The average molecular weight is 298 g/mol. The van der Waals surface area contributed by atoms with Gasteiger partial charge in [0.25, 0.3) is 0 Å². The van der Waals surface area contributed by atoms with Crippen molar-refractivity contribution in [2.45, 2.75) is 13.5 Å². The number of aromatic nitrogens is 1. The molecule has 0 aliphatic carbocycles. The maximum atomic E-state index is 5.52. The zero-order valence-electron chi connectivity index (χ0n) is 13.0. The van der Waals surface area contributed by atoms with Gasteiger partial charge in [0.1, 0.15) is 5.82 Å². The largest absolute Gasteiger partial charge is 0.382 e. The predicted octanol–water partition coefficient (Wildman–Crippen LogP) is 1.71. The fourth-order valence-electron chi connectivity index (χ4n) is 1.57. The minimum atomic E-state index is 0.549. The molecule has 0 saturated carbocycles. The third-order valence-corrected chi connectivity index (χ3v) is 2.63. The Kier molecular flexibility index (Phi) is 10.6. The lowest BCUT2D eigenvalue weighted by molar-refractivity contribution is 0.000841. The van der Waals surface area contributed by atoms with Crippen molar-refractivity contribution in [2.24, 2.45) is 0 Å². The third-order valence-electron chi connectivity index (χ3n) is 2.63. The van der Waals surface area contributed by atoms with Gasteiger partial charge in [0.2, 0.25) is 0 Å². The second-order valence-electron chi connectivity index (χ2n) is 4.35. The van der Waals surface area contributed by atoms with Gasteiger partial charge < -0.3 is 24.3 Å². The van der Waals surface area contributed by atoms with Crippen LogP contribution in [0.5, 0.6) is 0 Å². The Morgan fingerprint density at radius 2 is 1.62 bits per heavy atom. The van der Waals surface area contributed by atoms with Crippen molar-refractivity contribution in [2.75, 3.05) is 58.6 Å². The van der Waals surface area contributed by atoms with E-state index >= 15 is 0 Å². The summed E-state index contributed by atoms with van der Waals surface area (Å²) in [5.41, 5.74) is 1.06. The van der Waals surface area contributed by atoms with Crippen molar-refractivity contribution >= 4 is 5.82 Å². The highest BCUT2D eigenvalue weighted by Crippen LogP contribution is 2.05. The maximum Gasteiger partial charge on any atom is 0.125 e. The van der Waals surface area contributed by atoms with Crippen molar-refractivity contribution in [1.29, 1.82) is 0 Å². The molecular weight excluding hydrogens is 272 g/mol. The number of ether oxygens (including phenoxy) is 4. The highest BCUT2D eigenvalue weighted by Gasteiger charge is 1.96. The van der Waals surface area contributed by atoms with E-state index < -0.39 is 0 Å². The Morgan fingerprint density at radius 3 is 2.19 bits per heavy atom. The Hall–Kier alpha value is -1.21. The molecule has 0 amide bonds. The van der Waals surface area contributed by atoms with Crippen LogP contribution in [0.4, 0.5) is 5.82 Å². The molecule has 0 unspecified atom stereocenters. The summed E-state index contributed by atoms with van der Waals surface area (Å²) < 4.78 is 21.1. The van der Waals surface area contributed by atoms with E-state index in [-0.39, 0.29) is 0 Å². The molecule has 1 aromatic heterocycles. The first-order valence-electron chi connectivity index (χ1n) is 7.27. The van der Waals surface area contributed by atoms with E-state index in [2.05, 4.69) is 10.3 Å². The molecule has 0 atom stereocenters. The van der Waals surface area contributed by atoms with E-state index in [0.717, 1.165) is 17.9 Å². The SMILES string of the molecule is CCNc1ccc(COCCOCCOCCOC)cn1. The van der Waals surface area contributed by atoms with Gasteiger partial charge in [0.05, 0.1) is 46.2 Å². The molecule has 0 aromatic carbocycles. The van der Waals surface area contributed by atoms with E-state index in [0.29, 0.717) is 46.2 Å². The first-order valence-corrected chi connectivity index (χ1v) is 7.27. The molecule has 6 heteroatoms. The molecule has 0 radical (unpaired) electrons. The normalized spacial score (nSPS) is 10.8. The molecule has 0 saturated heterocycles. The van der Waals surface area contributed by atoms with Crippen LogP contribution < -0.4 is 5.32 Å². The van der Waals surface area contributed by atoms with Crippen LogP contribution in [-0.4, -0.2) is 58.3 Å². The van der Waals surface area contributed by atoms with Gasteiger partial charge in [-0.3, -0.25) is 0 Å². The number of nitrogens with zero attached hydrogens (tertiary/aromatic N) is 1. The summed E-state index contributed by atoms with van der Waals surface area (Å²) >= 11 is 0. The van der Waals surface area contributed by atoms with Gasteiger partial charge in [-0.25, -0.2) is 4.98 Å². The number of methoxy groups -OCH3 is 1. The highest BCUT2D eigenvalue weighted by molar-refractivity contribution is 5.34. The van der Waals surface area contributed by atoms with E-state index in [1.165, 1.54) is 0 Å². The van der Waals surface area contributed by atoms with Gasteiger partial charge >= 0.3 is 0 Å². The fourth-order valence-corrected chi connectivity index (χ4v) is 1.57. The lowest BCUT2D eigenvalue weighted by atomic mass is 10.3. The summed E-state index contributed by atoms with van der Waals surface area (Å²) in [6, 6.07) is 3.96. The number of anilines is 1. The highest BCUT2D eigenvalue weighted by atomic mass is 16.6. The minimum absolute atomic E-state index is 0.549. The van der Waals surface area contributed by atoms with Gasteiger partial charge in [0.15, 0.2) is 0 Å². The zero-order valence-corrected chi connectivity index (χ0v) is 13.0. The Morgan fingerprint density at radius 1 is 0.952 bits per heavy atom. The smallest absolute Gasteiger partial charge is 0.125 e. The van der Waals surface area contributed by atoms with Crippen molar-refractivity contribution < 1.29 is 18.9 Å². The minimum Gasteiger partial charge on any atom is -0.382 e. The van der Waals surface area contributed by atoms with Crippen molar-refractivity contribution in [3.05, 3.63) is 23.9 Å².